The van der Waals surface area contributed by atoms with Crippen LogP contribution in [0.2, 0.25) is 0 Å². The van der Waals surface area contributed by atoms with Crippen molar-refractivity contribution in [2.24, 2.45) is 0 Å². The molecular weight excluding hydrogens is 320 g/mol. The van der Waals surface area contributed by atoms with Crippen molar-refractivity contribution in [3.8, 4) is 0 Å². The molecule has 0 unspecified atom stereocenters. The summed E-state index contributed by atoms with van der Waals surface area (Å²) < 4.78 is 3.05. The van der Waals surface area contributed by atoms with E-state index in [0.29, 0.717) is 6.04 Å². The normalized spacial score (nSPS) is 16.1. The van der Waals surface area contributed by atoms with Gasteiger partial charge in [0, 0.05) is 57.9 Å². The Morgan fingerprint density at radius 1 is 1.25 bits per heavy atom. The smallest absolute Gasteiger partial charge is 0.224 e. The van der Waals surface area contributed by atoms with Crippen LogP contribution in [0.15, 0.2) is 29.3 Å². The number of nitrogens with zero attached hydrogens (tertiary/aromatic N) is 6. The molecule has 0 aromatic carbocycles. The molecule has 3 rings (SSSR count). The quantitative estimate of drug-likeness (QED) is 0.848. The fraction of sp³-hybridized carbons (Fsp3) is 0.462. The van der Waals surface area contributed by atoms with Crippen LogP contribution in [-0.4, -0.2) is 51.8 Å². The number of halogens is 1. The van der Waals surface area contributed by atoms with Gasteiger partial charge in [0.25, 0.3) is 0 Å². The Labute approximate surface area is 126 Å². The Kier molecular flexibility index (Phi) is 3.71. The summed E-state index contributed by atoms with van der Waals surface area (Å²) in [5, 5.41) is 4.32. The predicted octanol–water partition coefficient (Wildman–Crippen LogP) is 1.56. The molecule has 2 aromatic rings. The van der Waals surface area contributed by atoms with Crippen molar-refractivity contribution in [2.75, 3.05) is 32.1 Å². The summed E-state index contributed by atoms with van der Waals surface area (Å²) in [5.74, 6) is 0.747. The Bertz CT molecular complexity index is 573. The number of hydrogen-bond acceptors (Lipinski definition) is 5. The van der Waals surface area contributed by atoms with E-state index < -0.39 is 0 Å². The highest BCUT2D eigenvalue weighted by molar-refractivity contribution is 9.10. The van der Waals surface area contributed by atoms with Crippen LogP contribution in [0.1, 0.15) is 11.6 Å². The van der Waals surface area contributed by atoms with Crippen molar-refractivity contribution in [2.45, 2.75) is 12.6 Å². The zero-order valence-corrected chi connectivity index (χ0v) is 13.2. The molecule has 106 valence electrons. The summed E-state index contributed by atoms with van der Waals surface area (Å²) in [7, 11) is 3.88. The Hall–Kier alpha value is -1.47. The first-order valence-corrected chi connectivity index (χ1v) is 7.31. The zero-order valence-electron chi connectivity index (χ0n) is 11.6. The van der Waals surface area contributed by atoms with Crippen molar-refractivity contribution in [3.05, 3.63) is 34.8 Å². The Morgan fingerprint density at radius 2 is 1.95 bits per heavy atom. The molecule has 3 heterocycles. The first-order chi connectivity index (χ1) is 9.61. The molecule has 1 fully saturated rings. The summed E-state index contributed by atoms with van der Waals surface area (Å²) >= 11 is 3.42. The van der Waals surface area contributed by atoms with Gasteiger partial charge in [-0.25, -0.2) is 9.97 Å². The van der Waals surface area contributed by atoms with Gasteiger partial charge in [0.2, 0.25) is 5.95 Å². The Morgan fingerprint density at radius 3 is 2.50 bits per heavy atom. The lowest BCUT2D eigenvalue weighted by atomic mass is 10.1. The van der Waals surface area contributed by atoms with E-state index in [1.807, 2.05) is 48.5 Å². The standard InChI is InChI=1S/C13H17BrN6/c1-18(2)13-15-3-10(4-16-13)6-19-8-12(9-19)20-7-11(14)5-17-20/h3-5,7,12H,6,8-9H2,1-2H3. The molecule has 1 aliphatic rings. The summed E-state index contributed by atoms with van der Waals surface area (Å²) in [6.07, 6.45) is 7.66. The second kappa shape index (κ2) is 5.49. The van der Waals surface area contributed by atoms with Crippen LogP contribution < -0.4 is 4.90 Å². The second-order valence-electron chi connectivity index (χ2n) is 5.27. The summed E-state index contributed by atoms with van der Waals surface area (Å²) in [6.45, 7) is 2.93. The van der Waals surface area contributed by atoms with E-state index in [9.17, 15) is 0 Å². The molecular formula is C13H17BrN6. The van der Waals surface area contributed by atoms with Crippen LogP contribution in [0.5, 0.6) is 0 Å². The molecule has 6 nitrogen and oxygen atoms in total. The predicted molar refractivity (Wildman–Crippen MR) is 80.6 cm³/mol. The SMILES string of the molecule is CN(C)c1ncc(CN2CC(n3cc(Br)cn3)C2)cn1. The number of aromatic nitrogens is 4. The van der Waals surface area contributed by atoms with Crippen molar-refractivity contribution >= 4 is 21.9 Å². The lowest BCUT2D eigenvalue weighted by Gasteiger charge is -2.39. The van der Waals surface area contributed by atoms with Crippen LogP contribution in [0.3, 0.4) is 0 Å². The number of hydrogen-bond donors (Lipinski definition) is 0. The third-order valence-corrected chi connectivity index (χ3v) is 3.79. The van der Waals surface area contributed by atoms with Crippen molar-refractivity contribution in [1.82, 2.24) is 24.6 Å². The average Bonchev–Trinajstić information content (AvgIpc) is 2.80. The second-order valence-corrected chi connectivity index (χ2v) is 6.19. The van der Waals surface area contributed by atoms with Crippen LogP contribution in [0.4, 0.5) is 5.95 Å². The molecule has 0 aliphatic carbocycles. The first-order valence-electron chi connectivity index (χ1n) is 6.52. The maximum Gasteiger partial charge on any atom is 0.224 e. The fourth-order valence-electron chi connectivity index (χ4n) is 2.27. The minimum Gasteiger partial charge on any atom is -0.347 e. The van der Waals surface area contributed by atoms with Gasteiger partial charge in [-0.05, 0) is 15.9 Å². The van der Waals surface area contributed by atoms with E-state index >= 15 is 0 Å². The monoisotopic (exact) mass is 336 g/mol. The third-order valence-electron chi connectivity index (χ3n) is 3.38. The minimum atomic E-state index is 0.475. The first kappa shape index (κ1) is 13.5. The van der Waals surface area contributed by atoms with E-state index in [4.69, 9.17) is 0 Å². The van der Waals surface area contributed by atoms with Crippen molar-refractivity contribution in [1.29, 1.82) is 0 Å². The van der Waals surface area contributed by atoms with Gasteiger partial charge < -0.3 is 4.90 Å². The molecule has 2 aromatic heterocycles. The maximum absolute atomic E-state index is 4.33. The van der Waals surface area contributed by atoms with E-state index in [1.54, 1.807) is 0 Å². The molecule has 0 atom stereocenters. The molecule has 0 radical (unpaired) electrons. The third kappa shape index (κ3) is 2.83. The van der Waals surface area contributed by atoms with Crippen LogP contribution in [0, 0.1) is 0 Å². The van der Waals surface area contributed by atoms with E-state index in [1.165, 1.54) is 0 Å². The van der Waals surface area contributed by atoms with Gasteiger partial charge in [-0.15, -0.1) is 0 Å². The molecule has 0 bridgehead atoms. The van der Waals surface area contributed by atoms with Crippen LogP contribution in [-0.2, 0) is 6.54 Å². The molecule has 0 saturated carbocycles. The molecule has 7 heteroatoms. The molecule has 1 aliphatic heterocycles. The summed E-state index contributed by atoms with van der Waals surface area (Å²) in [5.41, 5.74) is 1.15. The van der Waals surface area contributed by atoms with Gasteiger partial charge >= 0.3 is 0 Å². The highest BCUT2D eigenvalue weighted by Gasteiger charge is 2.28. The highest BCUT2D eigenvalue weighted by atomic mass is 79.9. The van der Waals surface area contributed by atoms with Crippen molar-refractivity contribution in [3.63, 3.8) is 0 Å². The molecule has 0 amide bonds. The largest absolute Gasteiger partial charge is 0.347 e. The molecule has 0 spiro atoms. The number of rotatable bonds is 4. The maximum atomic E-state index is 4.33. The molecule has 20 heavy (non-hydrogen) atoms. The van der Waals surface area contributed by atoms with Crippen molar-refractivity contribution < 1.29 is 0 Å². The fourth-order valence-corrected chi connectivity index (χ4v) is 2.57. The average molecular weight is 337 g/mol. The van der Waals surface area contributed by atoms with E-state index in [-0.39, 0.29) is 0 Å². The van der Waals surface area contributed by atoms with Gasteiger partial charge in [-0.3, -0.25) is 9.58 Å². The minimum absolute atomic E-state index is 0.475. The van der Waals surface area contributed by atoms with Gasteiger partial charge in [0.15, 0.2) is 0 Å². The number of likely N-dealkylation sites (tertiary alicyclic amines) is 1. The zero-order chi connectivity index (χ0) is 14.1. The lowest BCUT2D eigenvalue weighted by molar-refractivity contribution is 0.0906. The summed E-state index contributed by atoms with van der Waals surface area (Å²) in [4.78, 5) is 12.9. The Balaban J connectivity index is 1.53. The van der Waals surface area contributed by atoms with E-state index in [2.05, 4.69) is 35.9 Å². The number of anilines is 1. The van der Waals surface area contributed by atoms with E-state index in [0.717, 1.165) is 35.6 Å². The lowest BCUT2D eigenvalue weighted by Crippen LogP contribution is -2.47. The topological polar surface area (TPSA) is 50.1 Å². The van der Waals surface area contributed by atoms with Gasteiger partial charge in [0.1, 0.15) is 0 Å². The summed E-state index contributed by atoms with van der Waals surface area (Å²) in [6, 6.07) is 0.475. The molecule has 1 saturated heterocycles. The van der Waals surface area contributed by atoms with Crippen LogP contribution >= 0.6 is 15.9 Å². The van der Waals surface area contributed by atoms with Gasteiger partial charge in [-0.1, -0.05) is 0 Å². The van der Waals surface area contributed by atoms with Crippen LogP contribution in [0.25, 0.3) is 0 Å². The highest BCUT2D eigenvalue weighted by Crippen LogP contribution is 2.23. The molecule has 0 N–H and O–H groups in total. The van der Waals surface area contributed by atoms with Gasteiger partial charge in [0.05, 0.1) is 16.7 Å². The van der Waals surface area contributed by atoms with Gasteiger partial charge in [-0.2, -0.15) is 5.10 Å².